The number of ether oxygens (including phenoxy) is 1. The Morgan fingerprint density at radius 3 is 2.04 bits per heavy atom. The molecule has 1 aromatic carbocycles. The normalized spacial score (nSPS) is 11.9. The van der Waals surface area contributed by atoms with Gasteiger partial charge in [0.05, 0.1) is 17.7 Å². The summed E-state index contributed by atoms with van der Waals surface area (Å²) in [5.41, 5.74) is 0.711. The van der Waals surface area contributed by atoms with Crippen molar-refractivity contribution in [2.24, 2.45) is 10.8 Å². The van der Waals surface area contributed by atoms with Crippen molar-refractivity contribution in [2.45, 2.75) is 48.0 Å². The number of hydrogen-bond acceptors (Lipinski definition) is 3. The molecule has 0 aliphatic rings. The van der Waals surface area contributed by atoms with Crippen molar-refractivity contribution in [3.8, 4) is 0 Å². The molecule has 1 amide bonds. The molecule has 0 unspecified atom stereocenters. The van der Waals surface area contributed by atoms with Gasteiger partial charge in [-0.2, -0.15) is 0 Å². The maximum atomic E-state index is 12.3. The van der Waals surface area contributed by atoms with Crippen LogP contribution < -0.4 is 5.32 Å². The molecule has 0 radical (unpaired) electrons. The Bertz CT molecular complexity index is 550. The summed E-state index contributed by atoms with van der Waals surface area (Å²) in [5, 5.41) is 2.88. The third kappa shape index (κ3) is 7.31. The number of hydrogen-bond donors (Lipinski definition) is 1. The second kappa shape index (κ2) is 7.62. The summed E-state index contributed by atoms with van der Waals surface area (Å²) in [5.74, 6) is -0.695. The predicted molar refractivity (Wildman–Crippen MR) is 92.6 cm³/mol. The molecule has 1 rings (SSSR count). The molecule has 0 saturated carbocycles. The van der Waals surface area contributed by atoms with E-state index in [1.54, 1.807) is 24.3 Å². The molecule has 128 valence electrons. The predicted octanol–water partition coefficient (Wildman–Crippen LogP) is 4.06. The zero-order chi connectivity index (χ0) is 17.7. The van der Waals surface area contributed by atoms with E-state index in [2.05, 4.69) is 26.1 Å². The minimum Gasteiger partial charge on any atom is -0.462 e. The van der Waals surface area contributed by atoms with Crippen LogP contribution in [0.3, 0.4) is 0 Å². The first-order chi connectivity index (χ1) is 10.5. The van der Waals surface area contributed by atoms with Crippen LogP contribution in [0.5, 0.6) is 0 Å². The van der Waals surface area contributed by atoms with Gasteiger partial charge in [-0.3, -0.25) is 4.79 Å². The molecule has 0 spiro atoms. The number of carbonyl (C=O) groups is 2. The van der Waals surface area contributed by atoms with Gasteiger partial charge in [-0.1, -0.05) is 53.7 Å². The summed E-state index contributed by atoms with van der Waals surface area (Å²) in [6, 6.07) is 6.77. The lowest BCUT2D eigenvalue weighted by atomic mass is 9.92. The van der Waals surface area contributed by atoms with E-state index < -0.39 is 5.97 Å². The van der Waals surface area contributed by atoms with Gasteiger partial charge in [-0.25, -0.2) is 4.79 Å². The van der Waals surface area contributed by atoms with E-state index in [4.69, 9.17) is 4.74 Å². The SMILES string of the molecule is CC(C)(C)CCNC(=O)c1ccccc1C(=O)OCC(C)(C)C. The standard InChI is InChI=1S/C19H29NO3/c1-18(2,3)11-12-20-16(21)14-9-7-8-10-15(14)17(22)23-13-19(4,5)6/h7-10H,11-13H2,1-6H3,(H,20,21). The molecule has 4 nitrogen and oxygen atoms in total. The zero-order valence-electron chi connectivity index (χ0n) is 15.2. The molecule has 0 aliphatic heterocycles. The van der Waals surface area contributed by atoms with Crippen LogP contribution in [0.1, 0.15) is 68.7 Å². The van der Waals surface area contributed by atoms with Gasteiger partial charge in [0, 0.05) is 6.54 Å². The van der Waals surface area contributed by atoms with Crippen LogP contribution in [0.25, 0.3) is 0 Å². The van der Waals surface area contributed by atoms with Crippen LogP contribution in [0.15, 0.2) is 24.3 Å². The quantitative estimate of drug-likeness (QED) is 0.833. The smallest absolute Gasteiger partial charge is 0.338 e. The van der Waals surface area contributed by atoms with Crippen molar-refractivity contribution < 1.29 is 14.3 Å². The van der Waals surface area contributed by atoms with Gasteiger partial charge in [-0.15, -0.1) is 0 Å². The molecule has 0 atom stereocenters. The van der Waals surface area contributed by atoms with Crippen LogP contribution >= 0.6 is 0 Å². The van der Waals surface area contributed by atoms with Gasteiger partial charge < -0.3 is 10.1 Å². The Morgan fingerprint density at radius 1 is 0.957 bits per heavy atom. The first-order valence-electron chi connectivity index (χ1n) is 8.04. The number of rotatable bonds is 5. The lowest BCUT2D eigenvalue weighted by Gasteiger charge is -2.19. The summed E-state index contributed by atoms with van der Waals surface area (Å²) >= 11 is 0. The Balaban J connectivity index is 2.76. The van der Waals surface area contributed by atoms with E-state index in [1.165, 1.54) is 0 Å². The third-order valence-electron chi connectivity index (χ3n) is 3.19. The summed E-state index contributed by atoms with van der Waals surface area (Å²) in [6.07, 6.45) is 0.870. The Morgan fingerprint density at radius 2 is 1.52 bits per heavy atom. The summed E-state index contributed by atoms with van der Waals surface area (Å²) in [7, 11) is 0. The van der Waals surface area contributed by atoms with Crippen molar-refractivity contribution in [3.05, 3.63) is 35.4 Å². The maximum absolute atomic E-state index is 12.3. The lowest BCUT2D eigenvalue weighted by molar-refractivity contribution is 0.0364. The van der Waals surface area contributed by atoms with Gasteiger partial charge in [-0.05, 0) is 29.4 Å². The molecule has 0 aromatic heterocycles. The van der Waals surface area contributed by atoms with E-state index in [-0.39, 0.29) is 16.7 Å². The van der Waals surface area contributed by atoms with E-state index in [1.807, 2.05) is 20.8 Å². The molecule has 0 bridgehead atoms. The van der Waals surface area contributed by atoms with Crippen molar-refractivity contribution in [2.75, 3.05) is 13.2 Å². The first-order valence-corrected chi connectivity index (χ1v) is 8.04. The minimum absolute atomic E-state index is 0.112. The van der Waals surface area contributed by atoms with Crippen LogP contribution in [0, 0.1) is 10.8 Å². The van der Waals surface area contributed by atoms with E-state index in [0.717, 1.165) is 6.42 Å². The fraction of sp³-hybridized carbons (Fsp3) is 0.579. The van der Waals surface area contributed by atoms with Crippen LogP contribution in [0.4, 0.5) is 0 Å². The highest BCUT2D eigenvalue weighted by Gasteiger charge is 2.20. The third-order valence-corrected chi connectivity index (χ3v) is 3.19. The largest absolute Gasteiger partial charge is 0.462 e. The number of carbonyl (C=O) groups excluding carboxylic acids is 2. The fourth-order valence-corrected chi connectivity index (χ4v) is 1.87. The minimum atomic E-state index is -0.457. The van der Waals surface area contributed by atoms with E-state index >= 15 is 0 Å². The van der Waals surface area contributed by atoms with Gasteiger partial charge >= 0.3 is 5.97 Å². The molecule has 1 aromatic rings. The van der Waals surface area contributed by atoms with Crippen LogP contribution in [-0.4, -0.2) is 25.0 Å². The van der Waals surface area contributed by atoms with E-state index in [9.17, 15) is 9.59 Å². The van der Waals surface area contributed by atoms with Crippen LogP contribution in [-0.2, 0) is 4.74 Å². The topological polar surface area (TPSA) is 55.4 Å². The van der Waals surface area contributed by atoms with Gasteiger partial charge in [0.25, 0.3) is 5.91 Å². The fourth-order valence-electron chi connectivity index (χ4n) is 1.87. The van der Waals surface area contributed by atoms with Gasteiger partial charge in [0.15, 0.2) is 0 Å². The van der Waals surface area contributed by atoms with Crippen molar-refractivity contribution in [1.82, 2.24) is 5.32 Å². The highest BCUT2D eigenvalue weighted by Crippen LogP contribution is 2.18. The number of amides is 1. The number of benzene rings is 1. The molecular formula is C19H29NO3. The Hall–Kier alpha value is -1.84. The lowest BCUT2D eigenvalue weighted by Crippen LogP contribution is -2.29. The molecule has 0 fully saturated rings. The van der Waals surface area contributed by atoms with Crippen molar-refractivity contribution in [3.63, 3.8) is 0 Å². The molecule has 4 heteroatoms. The molecule has 1 N–H and O–H groups in total. The van der Waals surface area contributed by atoms with E-state index in [0.29, 0.717) is 24.3 Å². The monoisotopic (exact) mass is 319 g/mol. The highest BCUT2D eigenvalue weighted by molar-refractivity contribution is 6.05. The first kappa shape index (κ1) is 19.2. The van der Waals surface area contributed by atoms with Crippen LogP contribution in [0.2, 0.25) is 0 Å². The second-order valence-corrected chi connectivity index (χ2v) is 8.25. The van der Waals surface area contributed by atoms with Crippen molar-refractivity contribution >= 4 is 11.9 Å². The highest BCUT2D eigenvalue weighted by atomic mass is 16.5. The molecular weight excluding hydrogens is 290 g/mol. The van der Waals surface area contributed by atoms with Crippen molar-refractivity contribution in [1.29, 1.82) is 0 Å². The second-order valence-electron chi connectivity index (χ2n) is 8.25. The average molecular weight is 319 g/mol. The number of nitrogens with one attached hydrogen (secondary N) is 1. The number of esters is 1. The maximum Gasteiger partial charge on any atom is 0.338 e. The molecule has 0 aliphatic carbocycles. The zero-order valence-corrected chi connectivity index (χ0v) is 15.2. The summed E-state index contributed by atoms with van der Waals surface area (Å²) in [6.45, 7) is 13.2. The molecule has 0 saturated heterocycles. The Kier molecular flexibility index (Phi) is 6.37. The average Bonchev–Trinajstić information content (AvgIpc) is 2.42. The van der Waals surface area contributed by atoms with Gasteiger partial charge in [0.2, 0.25) is 0 Å². The summed E-state index contributed by atoms with van der Waals surface area (Å²) in [4.78, 5) is 24.6. The Labute approximate surface area is 139 Å². The molecule has 0 heterocycles. The summed E-state index contributed by atoms with van der Waals surface area (Å²) < 4.78 is 5.32. The van der Waals surface area contributed by atoms with Gasteiger partial charge in [0.1, 0.15) is 0 Å². The molecule has 23 heavy (non-hydrogen) atoms.